The predicted molar refractivity (Wildman–Crippen MR) is 147 cm³/mol. The summed E-state index contributed by atoms with van der Waals surface area (Å²) in [6.45, 7) is 2.75. The molecule has 1 aliphatic rings. The van der Waals surface area contributed by atoms with Crippen LogP contribution >= 0.6 is 11.6 Å². The minimum Gasteiger partial charge on any atom is -0.489 e. The molecule has 1 saturated heterocycles. The molecule has 0 unspecified atom stereocenters. The number of benzene rings is 2. The number of ether oxygens (including phenoxy) is 2. The van der Waals surface area contributed by atoms with Gasteiger partial charge in [0, 0.05) is 29.1 Å². The number of aliphatic hydroxyl groups is 1. The molecule has 4 aromatic rings. The average Bonchev–Trinajstić information content (AvgIpc) is 3.52. The van der Waals surface area contributed by atoms with Crippen molar-refractivity contribution in [1.29, 1.82) is 0 Å². The van der Waals surface area contributed by atoms with E-state index in [4.69, 9.17) is 26.6 Å². The molecule has 1 fully saturated rings. The second kappa shape index (κ2) is 11.8. The van der Waals surface area contributed by atoms with Crippen molar-refractivity contribution in [2.75, 3.05) is 12.4 Å². The van der Waals surface area contributed by atoms with Gasteiger partial charge in [-0.05, 0) is 36.2 Å². The molecule has 13 nitrogen and oxygen atoms in total. The maximum absolute atomic E-state index is 12.2. The molecular weight excluding hydrogens is 538 g/mol. The van der Waals surface area contributed by atoms with E-state index in [1.807, 2.05) is 37.3 Å². The minimum atomic E-state index is -1.32. The molecule has 2 aromatic heterocycles. The van der Waals surface area contributed by atoms with Crippen LogP contribution < -0.4 is 15.4 Å². The van der Waals surface area contributed by atoms with Crippen molar-refractivity contribution in [3.63, 3.8) is 0 Å². The number of azide groups is 1. The van der Waals surface area contributed by atoms with E-state index in [0.29, 0.717) is 40.9 Å². The third kappa shape index (κ3) is 5.63. The fourth-order valence-corrected chi connectivity index (χ4v) is 4.73. The van der Waals surface area contributed by atoms with Gasteiger partial charge in [-0.25, -0.2) is 15.0 Å². The molecule has 40 heavy (non-hydrogen) atoms. The molecule has 5 rings (SSSR count). The van der Waals surface area contributed by atoms with E-state index in [-0.39, 0.29) is 5.82 Å². The molecule has 1 aliphatic heterocycles. The summed E-state index contributed by atoms with van der Waals surface area (Å²) in [5, 5.41) is 20.6. The van der Waals surface area contributed by atoms with Crippen LogP contribution in [0.1, 0.15) is 28.6 Å². The van der Waals surface area contributed by atoms with Crippen molar-refractivity contribution >= 4 is 34.5 Å². The van der Waals surface area contributed by atoms with Crippen molar-refractivity contribution in [1.82, 2.24) is 25.3 Å². The van der Waals surface area contributed by atoms with E-state index >= 15 is 0 Å². The molecule has 14 heteroatoms. The Morgan fingerprint density at radius 1 is 1.30 bits per heavy atom. The molecule has 3 heterocycles. The first kappa shape index (κ1) is 27.2. The van der Waals surface area contributed by atoms with Crippen molar-refractivity contribution in [2.24, 2.45) is 5.11 Å². The fourth-order valence-electron chi connectivity index (χ4n) is 4.53. The van der Waals surface area contributed by atoms with Crippen molar-refractivity contribution in [3.05, 3.63) is 86.8 Å². The smallest absolute Gasteiger partial charge is 0.249 e. The van der Waals surface area contributed by atoms with Crippen LogP contribution in [0.4, 0.5) is 5.82 Å². The maximum Gasteiger partial charge on any atom is 0.249 e. The number of aliphatic hydroxyl groups excluding tert-OH is 1. The summed E-state index contributed by atoms with van der Waals surface area (Å²) < 4.78 is 11.9. The molecular formula is C26H26ClN9O4. The Morgan fingerprint density at radius 2 is 2.15 bits per heavy atom. The lowest BCUT2D eigenvalue weighted by atomic mass is 10.0. The molecule has 0 saturated carbocycles. The van der Waals surface area contributed by atoms with Crippen LogP contribution in [0, 0.1) is 6.92 Å². The van der Waals surface area contributed by atoms with Gasteiger partial charge in [0.15, 0.2) is 11.5 Å². The summed E-state index contributed by atoms with van der Waals surface area (Å²) >= 11 is 6.28. The molecule has 206 valence electrons. The third-order valence-corrected chi connectivity index (χ3v) is 6.71. The number of fused-ring (bicyclic) bond motifs is 1. The number of amides is 1. The standard InChI is InChI=1S/C26H26ClN9O4/c1-13-4-3-5-14(8-13)11-39-17-7-6-16(27)9-15(17)10-30-23-19-24(32-12-31-23)34-25(33-19)22-20(37)18(35-36-28)21(40-22)26(38)29-2/h3-9,12,18,20-22,37H,10-11H2,1-2H3,(H,29,38)(H2,30,31,32,33,34)/t18-,20+,21-,22-/m0/s1. The van der Waals surface area contributed by atoms with Crippen LogP contribution in [-0.2, 0) is 22.7 Å². The van der Waals surface area contributed by atoms with Gasteiger partial charge in [0.05, 0.1) is 6.10 Å². The fraction of sp³-hybridized carbons (Fsp3) is 0.308. The second-order valence-electron chi connectivity index (χ2n) is 9.20. The second-order valence-corrected chi connectivity index (χ2v) is 9.64. The van der Waals surface area contributed by atoms with Crippen molar-refractivity contribution in [2.45, 2.75) is 44.4 Å². The number of rotatable bonds is 9. The van der Waals surface area contributed by atoms with Gasteiger partial charge < -0.3 is 30.2 Å². The summed E-state index contributed by atoms with van der Waals surface area (Å²) in [6, 6.07) is 12.4. The van der Waals surface area contributed by atoms with E-state index in [1.165, 1.54) is 13.4 Å². The number of likely N-dealkylation sites (N-methyl/N-ethyl adjacent to an activating group) is 1. The molecule has 4 atom stereocenters. The van der Waals surface area contributed by atoms with E-state index in [0.717, 1.165) is 16.7 Å². The molecule has 0 bridgehead atoms. The lowest BCUT2D eigenvalue weighted by molar-refractivity contribution is -0.132. The van der Waals surface area contributed by atoms with Crippen LogP contribution in [0.5, 0.6) is 5.75 Å². The number of carbonyl (C=O) groups excluding carboxylic acids is 1. The Balaban J connectivity index is 1.36. The SMILES string of the molecule is CNC(=O)[C@H]1O[C@H](c2nc3ncnc(NCc4cc(Cl)ccc4OCc4cccc(C)c4)c3[nH]2)[C@H](O)[C@@H]1N=[N+]=[N-]. The van der Waals surface area contributed by atoms with E-state index in [9.17, 15) is 9.90 Å². The number of imidazole rings is 1. The maximum atomic E-state index is 12.2. The zero-order chi connectivity index (χ0) is 28.2. The van der Waals surface area contributed by atoms with Crippen LogP contribution in [-0.4, -0.2) is 56.2 Å². The number of nitrogens with one attached hydrogen (secondary N) is 3. The first-order valence-electron chi connectivity index (χ1n) is 12.4. The topological polar surface area (TPSA) is 183 Å². The molecule has 1 amide bonds. The lowest BCUT2D eigenvalue weighted by Gasteiger charge is -2.14. The highest BCUT2D eigenvalue weighted by molar-refractivity contribution is 6.30. The van der Waals surface area contributed by atoms with Crippen molar-refractivity contribution in [3.8, 4) is 5.75 Å². The van der Waals surface area contributed by atoms with Gasteiger partial charge in [0.25, 0.3) is 0 Å². The summed E-state index contributed by atoms with van der Waals surface area (Å²) in [5.74, 6) is 0.788. The van der Waals surface area contributed by atoms with Crippen molar-refractivity contribution < 1.29 is 19.4 Å². The Labute approximate surface area is 233 Å². The Morgan fingerprint density at radius 3 is 2.92 bits per heavy atom. The molecule has 0 aliphatic carbocycles. The first-order chi connectivity index (χ1) is 19.4. The third-order valence-electron chi connectivity index (χ3n) is 6.48. The predicted octanol–water partition coefficient (Wildman–Crippen LogP) is 3.73. The van der Waals surface area contributed by atoms with Crippen LogP contribution in [0.25, 0.3) is 21.6 Å². The van der Waals surface area contributed by atoms with E-state index in [1.54, 1.807) is 6.07 Å². The van der Waals surface area contributed by atoms with Gasteiger partial charge in [-0.2, -0.15) is 0 Å². The largest absolute Gasteiger partial charge is 0.489 e. The van der Waals surface area contributed by atoms with Crippen LogP contribution in [0.15, 0.2) is 53.9 Å². The molecule has 4 N–H and O–H groups in total. The zero-order valence-corrected chi connectivity index (χ0v) is 22.3. The zero-order valence-electron chi connectivity index (χ0n) is 21.6. The highest BCUT2D eigenvalue weighted by atomic mass is 35.5. The minimum absolute atomic E-state index is 0.209. The summed E-state index contributed by atoms with van der Waals surface area (Å²) in [5.41, 5.74) is 12.7. The summed E-state index contributed by atoms with van der Waals surface area (Å²) in [4.78, 5) is 31.0. The number of anilines is 1. The summed E-state index contributed by atoms with van der Waals surface area (Å²) in [6.07, 6.45) is -2.21. The monoisotopic (exact) mass is 563 g/mol. The number of H-pyrrole nitrogens is 1. The average molecular weight is 564 g/mol. The van der Waals surface area contributed by atoms with Gasteiger partial charge in [-0.15, -0.1) is 0 Å². The Hall–Kier alpha value is -4.42. The first-order valence-corrected chi connectivity index (χ1v) is 12.8. The van der Waals surface area contributed by atoms with E-state index in [2.05, 4.69) is 46.7 Å². The van der Waals surface area contributed by atoms with Gasteiger partial charge in [0.2, 0.25) is 5.91 Å². The summed E-state index contributed by atoms with van der Waals surface area (Å²) in [7, 11) is 1.42. The van der Waals surface area contributed by atoms with Gasteiger partial charge in [0.1, 0.15) is 48.3 Å². The normalized spacial score (nSPS) is 20.2. The molecule has 0 spiro atoms. The molecule has 2 aromatic carbocycles. The number of hydrogen-bond donors (Lipinski definition) is 4. The number of hydrogen-bond acceptors (Lipinski definition) is 9. The van der Waals surface area contributed by atoms with Crippen LogP contribution in [0.2, 0.25) is 5.02 Å². The lowest BCUT2D eigenvalue weighted by Crippen LogP contribution is -2.40. The van der Waals surface area contributed by atoms with Gasteiger partial charge >= 0.3 is 0 Å². The number of carbonyl (C=O) groups is 1. The number of aromatic amines is 1. The Kier molecular flexibility index (Phi) is 7.99. The Bertz CT molecular complexity index is 1590. The van der Waals surface area contributed by atoms with Gasteiger partial charge in [-0.1, -0.05) is 46.5 Å². The number of aromatic nitrogens is 4. The number of nitrogens with zero attached hydrogens (tertiary/aromatic N) is 6. The number of aryl methyl sites for hydroxylation is 1. The van der Waals surface area contributed by atoms with E-state index < -0.39 is 30.3 Å². The highest BCUT2D eigenvalue weighted by Crippen LogP contribution is 2.35. The van der Waals surface area contributed by atoms with Gasteiger partial charge in [-0.3, -0.25) is 4.79 Å². The highest BCUT2D eigenvalue weighted by Gasteiger charge is 2.48. The quantitative estimate of drug-likeness (QED) is 0.135. The number of halogens is 1. The molecule has 0 radical (unpaired) electrons. The van der Waals surface area contributed by atoms with Crippen LogP contribution in [0.3, 0.4) is 0 Å².